The predicted octanol–water partition coefficient (Wildman–Crippen LogP) is 1.62. The minimum absolute atomic E-state index is 0.327. The maximum Gasteiger partial charge on any atom is 0.119 e. The minimum Gasteiger partial charge on any atom is -0.497 e. The van der Waals surface area contributed by atoms with Crippen LogP contribution in [0.5, 0.6) is 5.75 Å². The zero-order valence-electron chi connectivity index (χ0n) is 9.92. The molecule has 0 aliphatic carbocycles. The average molecular weight is 232 g/mol. The summed E-state index contributed by atoms with van der Waals surface area (Å²) in [5, 5.41) is 10.9. The van der Waals surface area contributed by atoms with Crippen LogP contribution >= 0.6 is 0 Å². The highest BCUT2D eigenvalue weighted by atomic mass is 16.5. The summed E-state index contributed by atoms with van der Waals surface area (Å²) in [5.41, 5.74) is 7.33. The number of fused-ring (bicyclic) bond motifs is 1. The van der Waals surface area contributed by atoms with Crippen LogP contribution in [0.25, 0.3) is 10.9 Å². The molecule has 3 N–H and O–H groups in total. The molecule has 0 bridgehead atoms. The molecule has 0 amide bonds. The molecule has 0 aliphatic rings. The largest absolute Gasteiger partial charge is 0.497 e. The average Bonchev–Trinajstić information content (AvgIpc) is 2.36. The van der Waals surface area contributed by atoms with Gasteiger partial charge in [0.15, 0.2) is 0 Å². The zero-order valence-corrected chi connectivity index (χ0v) is 9.92. The molecule has 2 aromatic rings. The molecule has 4 nitrogen and oxygen atoms in total. The topological polar surface area (TPSA) is 68.4 Å². The number of aliphatic hydroxyl groups is 1. The number of methoxy groups -OCH3 is 1. The number of pyridine rings is 1. The summed E-state index contributed by atoms with van der Waals surface area (Å²) in [4.78, 5) is 4.25. The van der Waals surface area contributed by atoms with Crippen LogP contribution in [0.2, 0.25) is 0 Å². The first-order valence-corrected chi connectivity index (χ1v) is 5.50. The predicted molar refractivity (Wildman–Crippen MR) is 66.9 cm³/mol. The standard InChI is InChI=1S/C13H16N2O2/c1-8(14)13(16)10-5-6-15-12-4-3-9(17-2)7-11(10)12/h3-8,13,16H,14H2,1-2H3/t8-,13-/m0/s1. The molecule has 1 aromatic heterocycles. The van der Waals surface area contributed by atoms with Crippen LogP contribution in [0.3, 0.4) is 0 Å². The number of ether oxygens (including phenoxy) is 1. The van der Waals surface area contributed by atoms with Crippen molar-refractivity contribution in [3.05, 3.63) is 36.0 Å². The third-order valence-electron chi connectivity index (χ3n) is 2.80. The number of rotatable bonds is 3. The van der Waals surface area contributed by atoms with Crippen molar-refractivity contribution in [1.29, 1.82) is 0 Å². The van der Waals surface area contributed by atoms with Gasteiger partial charge in [0, 0.05) is 17.6 Å². The van der Waals surface area contributed by atoms with Gasteiger partial charge in [0.1, 0.15) is 5.75 Å². The number of aliphatic hydroxyl groups excluding tert-OH is 1. The van der Waals surface area contributed by atoms with E-state index in [1.807, 2.05) is 18.2 Å². The number of hydrogen-bond acceptors (Lipinski definition) is 4. The molecule has 1 heterocycles. The molecule has 0 fully saturated rings. The normalized spacial score (nSPS) is 14.6. The van der Waals surface area contributed by atoms with E-state index in [2.05, 4.69) is 4.98 Å². The molecule has 0 unspecified atom stereocenters. The number of nitrogens with two attached hydrogens (primary N) is 1. The van der Waals surface area contributed by atoms with Crippen LogP contribution in [0.4, 0.5) is 0 Å². The lowest BCUT2D eigenvalue weighted by Gasteiger charge is -2.17. The molecule has 2 rings (SSSR count). The van der Waals surface area contributed by atoms with Crippen molar-refractivity contribution in [2.75, 3.05) is 7.11 Å². The first-order chi connectivity index (χ1) is 8.13. The van der Waals surface area contributed by atoms with E-state index in [9.17, 15) is 5.11 Å². The highest BCUT2D eigenvalue weighted by Crippen LogP contribution is 2.27. The van der Waals surface area contributed by atoms with Gasteiger partial charge >= 0.3 is 0 Å². The van der Waals surface area contributed by atoms with Crippen molar-refractivity contribution < 1.29 is 9.84 Å². The number of hydrogen-bond donors (Lipinski definition) is 2. The minimum atomic E-state index is -0.701. The molecular weight excluding hydrogens is 216 g/mol. The van der Waals surface area contributed by atoms with Gasteiger partial charge in [0.2, 0.25) is 0 Å². The number of nitrogens with zero attached hydrogens (tertiary/aromatic N) is 1. The van der Waals surface area contributed by atoms with E-state index in [1.165, 1.54) is 0 Å². The van der Waals surface area contributed by atoms with E-state index >= 15 is 0 Å². The Bertz CT molecular complexity index is 526. The molecule has 90 valence electrons. The van der Waals surface area contributed by atoms with E-state index in [-0.39, 0.29) is 6.04 Å². The van der Waals surface area contributed by atoms with Crippen molar-refractivity contribution >= 4 is 10.9 Å². The SMILES string of the molecule is COc1ccc2nccc([C@@H](O)[C@H](C)N)c2c1. The van der Waals surface area contributed by atoms with Gasteiger partial charge in [-0.2, -0.15) is 0 Å². The lowest BCUT2D eigenvalue weighted by molar-refractivity contribution is 0.155. The lowest BCUT2D eigenvalue weighted by atomic mass is 10.00. The molecule has 0 radical (unpaired) electrons. The Labute approximate surface area is 100 Å². The van der Waals surface area contributed by atoms with Crippen molar-refractivity contribution in [2.24, 2.45) is 5.73 Å². The first-order valence-electron chi connectivity index (χ1n) is 5.50. The van der Waals surface area contributed by atoms with Gasteiger partial charge in [-0.3, -0.25) is 4.98 Å². The van der Waals surface area contributed by atoms with Crippen molar-refractivity contribution in [1.82, 2.24) is 4.98 Å². The summed E-state index contributed by atoms with van der Waals surface area (Å²) >= 11 is 0. The third-order valence-corrected chi connectivity index (χ3v) is 2.80. The van der Waals surface area contributed by atoms with E-state index < -0.39 is 6.10 Å². The quantitative estimate of drug-likeness (QED) is 0.843. The second-order valence-corrected chi connectivity index (χ2v) is 4.09. The van der Waals surface area contributed by atoms with Crippen LogP contribution in [-0.4, -0.2) is 23.2 Å². The van der Waals surface area contributed by atoms with Crippen molar-refractivity contribution in [3.8, 4) is 5.75 Å². The molecule has 4 heteroatoms. The van der Waals surface area contributed by atoms with Gasteiger partial charge in [-0.15, -0.1) is 0 Å². The summed E-state index contributed by atoms with van der Waals surface area (Å²) in [5.74, 6) is 0.739. The Morgan fingerprint density at radius 1 is 1.35 bits per heavy atom. The van der Waals surface area contributed by atoms with Crippen molar-refractivity contribution in [3.63, 3.8) is 0 Å². The van der Waals surface area contributed by atoms with Gasteiger partial charge in [-0.1, -0.05) is 0 Å². The molecule has 0 saturated carbocycles. The zero-order chi connectivity index (χ0) is 12.4. The lowest BCUT2D eigenvalue weighted by Crippen LogP contribution is -2.24. The molecule has 0 saturated heterocycles. The Hall–Kier alpha value is -1.65. The summed E-state index contributed by atoms with van der Waals surface area (Å²) < 4.78 is 5.18. The molecule has 2 atom stereocenters. The van der Waals surface area contributed by atoms with Gasteiger partial charge in [0.25, 0.3) is 0 Å². The van der Waals surface area contributed by atoms with Crippen LogP contribution < -0.4 is 10.5 Å². The van der Waals surface area contributed by atoms with E-state index in [0.717, 1.165) is 22.2 Å². The first kappa shape index (κ1) is 11.8. The molecule has 1 aromatic carbocycles. The maximum atomic E-state index is 10.1. The van der Waals surface area contributed by atoms with E-state index in [4.69, 9.17) is 10.5 Å². The van der Waals surface area contributed by atoms with Crippen LogP contribution in [0.1, 0.15) is 18.6 Å². The molecule has 17 heavy (non-hydrogen) atoms. The molecule has 0 spiro atoms. The van der Waals surface area contributed by atoms with Crippen LogP contribution in [0.15, 0.2) is 30.5 Å². The number of benzene rings is 1. The van der Waals surface area contributed by atoms with E-state index in [1.54, 1.807) is 26.3 Å². The molecular formula is C13H16N2O2. The fraction of sp³-hybridized carbons (Fsp3) is 0.308. The number of aromatic nitrogens is 1. The second kappa shape index (κ2) is 4.69. The van der Waals surface area contributed by atoms with Gasteiger partial charge < -0.3 is 15.6 Å². The highest BCUT2D eigenvalue weighted by molar-refractivity contribution is 5.83. The maximum absolute atomic E-state index is 10.1. The van der Waals surface area contributed by atoms with Gasteiger partial charge in [-0.25, -0.2) is 0 Å². The smallest absolute Gasteiger partial charge is 0.119 e. The van der Waals surface area contributed by atoms with Crippen LogP contribution in [0, 0.1) is 0 Å². The fourth-order valence-corrected chi connectivity index (χ4v) is 1.81. The second-order valence-electron chi connectivity index (χ2n) is 4.09. The molecule has 0 aliphatic heterocycles. The fourth-order valence-electron chi connectivity index (χ4n) is 1.81. The summed E-state index contributed by atoms with van der Waals surface area (Å²) in [6.07, 6.45) is 0.975. The van der Waals surface area contributed by atoms with E-state index in [0.29, 0.717) is 0 Å². The Morgan fingerprint density at radius 2 is 2.12 bits per heavy atom. The summed E-state index contributed by atoms with van der Waals surface area (Å²) in [6, 6.07) is 7.04. The Balaban J connectivity index is 2.62. The Morgan fingerprint density at radius 3 is 2.76 bits per heavy atom. The highest BCUT2D eigenvalue weighted by Gasteiger charge is 2.15. The van der Waals surface area contributed by atoms with Crippen LogP contribution in [-0.2, 0) is 0 Å². The summed E-state index contributed by atoms with van der Waals surface area (Å²) in [6.45, 7) is 1.77. The summed E-state index contributed by atoms with van der Waals surface area (Å²) in [7, 11) is 1.61. The third kappa shape index (κ3) is 2.23. The van der Waals surface area contributed by atoms with Gasteiger partial charge in [-0.05, 0) is 36.8 Å². The van der Waals surface area contributed by atoms with Crippen molar-refractivity contribution in [2.45, 2.75) is 19.1 Å². The monoisotopic (exact) mass is 232 g/mol. The van der Waals surface area contributed by atoms with Gasteiger partial charge in [0.05, 0.1) is 18.7 Å². The Kier molecular flexibility index (Phi) is 3.26.